The monoisotopic (exact) mass is 415 g/mol. The third-order valence-corrected chi connectivity index (χ3v) is 10.8. The predicted molar refractivity (Wildman–Crippen MR) is 125 cm³/mol. The molecule has 0 fully saturated rings. The molecule has 0 bridgehead atoms. The molecule has 0 unspecified atom stereocenters. The molecule has 0 aliphatic rings. The molecule has 0 radical (unpaired) electrons. The number of benzene rings is 2. The van der Waals surface area contributed by atoms with E-state index in [1.54, 1.807) is 0 Å². The van der Waals surface area contributed by atoms with Gasteiger partial charge >= 0.3 is 175 Å². The minimum atomic E-state index is -2.09. The summed E-state index contributed by atoms with van der Waals surface area (Å²) in [5.74, 6) is -0.189. The van der Waals surface area contributed by atoms with Crippen LogP contribution in [0.4, 0.5) is 5.69 Å². The van der Waals surface area contributed by atoms with E-state index in [4.69, 9.17) is 4.74 Å². The van der Waals surface area contributed by atoms with Gasteiger partial charge in [0.05, 0.1) is 0 Å². The normalized spacial score (nSPS) is 11.8. The van der Waals surface area contributed by atoms with E-state index in [2.05, 4.69) is 38.2 Å². The Labute approximate surface area is 175 Å². The number of hydrogen-bond acceptors (Lipinski definition) is 3. The molecule has 0 heterocycles. The Morgan fingerprint density at radius 2 is 1.52 bits per heavy atom. The van der Waals surface area contributed by atoms with E-state index < -0.39 is 7.26 Å². The van der Waals surface area contributed by atoms with Gasteiger partial charge in [0, 0.05) is 0 Å². The number of carbonyl (C=O) groups is 2. The Bertz CT molecular complexity index is 821. The van der Waals surface area contributed by atoms with Gasteiger partial charge in [-0.25, -0.2) is 0 Å². The average molecular weight is 416 g/mol. The number of carbonyl (C=O) groups excluding carboxylic acids is 2. The second kappa shape index (κ2) is 10.5. The molecule has 0 spiro atoms. The standard InChI is InChI=1S/C24H34NO3P/c1-6-29(7-2,17-23(27)28-15-21-11-9-8-10-12-21)16-22(26)25-24-19(4)13-18(3)14-20(24)5/h8-14,29H,6-7,15-17H2,1-5H3,(H,25,26). The molecule has 29 heavy (non-hydrogen) atoms. The first-order valence-corrected chi connectivity index (χ1v) is 13.2. The van der Waals surface area contributed by atoms with Crippen LogP contribution in [-0.4, -0.2) is 36.5 Å². The van der Waals surface area contributed by atoms with Gasteiger partial charge < -0.3 is 0 Å². The van der Waals surface area contributed by atoms with E-state index >= 15 is 0 Å². The summed E-state index contributed by atoms with van der Waals surface area (Å²) in [5.41, 5.74) is 5.19. The molecule has 2 aromatic rings. The molecular weight excluding hydrogens is 381 g/mol. The molecule has 0 atom stereocenters. The topological polar surface area (TPSA) is 55.4 Å². The van der Waals surface area contributed by atoms with E-state index in [0.29, 0.717) is 12.3 Å². The number of ether oxygens (including phenoxy) is 1. The zero-order chi connectivity index (χ0) is 21.4. The van der Waals surface area contributed by atoms with Crippen LogP contribution in [0.5, 0.6) is 0 Å². The number of esters is 1. The number of aryl methyl sites for hydroxylation is 3. The SMILES string of the molecule is CC[PH](CC)(CC(=O)Nc1c(C)cc(C)cc1C)CC(=O)OCc1ccccc1. The number of amides is 1. The van der Waals surface area contributed by atoms with E-state index in [9.17, 15) is 9.59 Å². The fourth-order valence-corrected chi connectivity index (χ4v) is 6.92. The second-order valence-corrected chi connectivity index (χ2v) is 13.2. The summed E-state index contributed by atoms with van der Waals surface area (Å²) in [5, 5.41) is 3.10. The molecule has 0 aromatic heterocycles. The summed E-state index contributed by atoms with van der Waals surface area (Å²) >= 11 is 0. The Balaban J connectivity index is 2.01. The summed E-state index contributed by atoms with van der Waals surface area (Å²) in [6, 6.07) is 13.8. The van der Waals surface area contributed by atoms with Crippen LogP contribution in [-0.2, 0) is 20.9 Å². The fraction of sp³-hybridized carbons (Fsp3) is 0.417. The van der Waals surface area contributed by atoms with Crippen LogP contribution in [0.3, 0.4) is 0 Å². The van der Waals surface area contributed by atoms with Gasteiger partial charge in [0.15, 0.2) is 0 Å². The maximum atomic E-state index is 12.9. The molecule has 0 saturated heterocycles. The molecule has 5 heteroatoms. The first kappa shape index (κ1) is 23.1. The van der Waals surface area contributed by atoms with Crippen LogP contribution in [0.25, 0.3) is 0 Å². The molecule has 158 valence electrons. The van der Waals surface area contributed by atoms with Crippen LogP contribution in [0.2, 0.25) is 0 Å². The van der Waals surface area contributed by atoms with Crippen molar-refractivity contribution in [2.45, 2.75) is 41.2 Å². The van der Waals surface area contributed by atoms with E-state index in [1.807, 2.05) is 44.2 Å². The van der Waals surface area contributed by atoms with Crippen LogP contribution in [0, 0.1) is 20.8 Å². The fourth-order valence-electron chi connectivity index (χ4n) is 3.81. The molecular formula is C24H34NO3P. The maximum absolute atomic E-state index is 12.9. The van der Waals surface area contributed by atoms with E-state index in [-0.39, 0.29) is 18.5 Å². The number of hydrogen-bond donors (Lipinski definition) is 1. The Morgan fingerprint density at radius 1 is 0.931 bits per heavy atom. The van der Waals surface area contributed by atoms with Crippen molar-refractivity contribution in [1.29, 1.82) is 0 Å². The van der Waals surface area contributed by atoms with Crippen LogP contribution >= 0.6 is 7.26 Å². The van der Waals surface area contributed by atoms with Crippen molar-refractivity contribution in [3.63, 3.8) is 0 Å². The predicted octanol–water partition coefficient (Wildman–Crippen LogP) is 5.08. The van der Waals surface area contributed by atoms with Crippen LogP contribution in [0.15, 0.2) is 42.5 Å². The summed E-state index contributed by atoms with van der Waals surface area (Å²) < 4.78 is 5.50. The molecule has 0 aliphatic heterocycles. The zero-order valence-electron chi connectivity index (χ0n) is 18.3. The van der Waals surface area contributed by atoms with Crippen LogP contribution in [0.1, 0.15) is 36.1 Å². The molecule has 1 amide bonds. The summed E-state index contributed by atoms with van der Waals surface area (Å²) in [4.78, 5) is 25.4. The number of nitrogens with one attached hydrogen (secondary N) is 1. The molecule has 0 aliphatic carbocycles. The molecule has 2 aromatic carbocycles. The van der Waals surface area contributed by atoms with Crippen molar-refractivity contribution in [3.05, 3.63) is 64.7 Å². The van der Waals surface area contributed by atoms with Crippen LogP contribution < -0.4 is 5.32 Å². The first-order valence-electron chi connectivity index (χ1n) is 10.4. The average Bonchev–Trinajstić information content (AvgIpc) is 2.69. The quantitative estimate of drug-likeness (QED) is 0.459. The van der Waals surface area contributed by atoms with E-state index in [1.165, 1.54) is 5.56 Å². The molecule has 4 nitrogen and oxygen atoms in total. The van der Waals surface area contributed by atoms with Crippen molar-refractivity contribution in [2.75, 3.05) is 30.0 Å². The Hall–Kier alpha value is -2.19. The second-order valence-electron chi connectivity index (χ2n) is 8.03. The van der Waals surface area contributed by atoms with Crippen molar-refractivity contribution >= 4 is 24.8 Å². The Kier molecular flexibility index (Phi) is 8.40. The third-order valence-electron chi connectivity index (χ3n) is 5.74. The minimum absolute atomic E-state index is 0.00581. The van der Waals surface area contributed by atoms with Gasteiger partial charge in [-0.05, 0) is 0 Å². The number of rotatable bonds is 9. The van der Waals surface area contributed by atoms with Crippen molar-refractivity contribution in [1.82, 2.24) is 0 Å². The molecule has 0 saturated carbocycles. The molecule has 2 rings (SSSR count). The van der Waals surface area contributed by atoms with E-state index in [0.717, 1.165) is 34.7 Å². The zero-order valence-corrected chi connectivity index (χ0v) is 19.3. The van der Waals surface area contributed by atoms with Gasteiger partial charge in [-0.1, -0.05) is 0 Å². The Morgan fingerprint density at radius 3 is 2.07 bits per heavy atom. The molecule has 1 N–H and O–H groups in total. The first-order chi connectivity index (χ1) is 13.8. The third kappa shape index (κ3) is 6.68. The summed E-state index contributed by atoms with van der Waals surface area (Å²) in [7, 11) is -2.09. The van der Waals surface area contributed by atoms with Gasteiger partial charge in [0.25, 0.3) is 0 Å². The van der Waals surface area contributed by atoms with Crippen molar-refractivity contribution in [3.8, 4) is 0 Å². The van der Waals surface area contributed by atoms with Gasteiger partial charge in [0.1, 0.15) is 0 Å². The van der Waals surface area contributed by atoms with Crippen molar-refractivity contribution < 1.29 is 14.3 Å². The summed E-state index contributed by atoms with van der Waals surface area (Å²) in [6.07, 6.45) is 2.58. The van der Waals surface area contributed by atoms with Gasteiger partial charge in [-0.3, -0.25) is 0 Å². The summed E-state index contributed by atoms with van der Waals surface area (Å²) in [6.45, 7) is 10.6. The van der Waals surface area contributed by atoms with Gasteiger partial charge in [-0.2, -0.15) is 0 Å². The van der Waals surface area contributed by atoms with Gasteiger partial charge in [-0.15, -0.1) is 0 Å². The number of anilines is 1. The van der Waals surface area contributed by atoms with Crippen molar-refractivity contribution in [2.24, 2.45) is 0 Å². The van der Waals surface area contributed by atoms with Gasteiger partial charge in [0.2, 0.25) is 0 Å².